The smallest absolute Gasteiger partial charge is 0.134 e. The number of halogens is 2. The molecule has 0 aliphatic carbocycles. The van der Waals surface area contributed by atoms with Gasteiger partial charge in [-0.25, -0.2) is 8.78 Å². The third kappa shape index (κ3) is 2.53. The Kier molecular flexibility index (Phi) is 3.54. The van der Waals surface area contributed by atoms with Crippen molar-refractivity contribution in [2.75, 3.05) is 0 Å². The van der Waals surface area contributed by atoms with Gasteiger partial charge < -0.3 is 5.11 Å². The number of aliphatic hydroxyl groups excluding tert-OH is 1. The molecule has 0 bridgehead atoms. The molecule has 0 saturated carbocycles. The molecule has 1 atom stereocenters. The van der Waals surface area contributed by atoms with Crippen LogP contribution in [0.3, 0.4) is 0 Å². The molecule has 1 N–H and O–H groups in total. The van der Waals surface area contributed by atoms with E-state index in [1.807, 2.05) is 17.5 Å². The van der Waals surface area contributed by atoms with Gasteiger partial charge in [-0.3, -0.25) is 0 Å². The van der Waals surface area contributed by atoms with Crippen LogP contribution in [0.15, 0.2) is 29.6 Å². The van der Waals surface area contributed by atoms with Crippen LogP contribution in [0.25, 0.3) is 0 Å². The van der Waals surface area contributed by atoms with Gasteiger partial charge in [-0.2, -0.15) is 0 Å². The minimum atomic E-state index is -1.14. The fraction of sp³-hybridized carbons (Fsp3) is 0.231. The number of thiophene rings is 1. The number of benzene rings is 1. The molecule has 0 aliphatic heterocycles. The highest BCUT2D eigenvalue weighted by molar-refractivity contribution is 7.09. The first-order chi connectivity index (χ1) is 8.09. The quantitative estimate of drug-likeness (QED) is 0.887. The average molecular weight is 254 g/mol. The van der Waals surface area contributed by atoms with E-state index in [1.54, 1.807) is 6.92 Å². The summed E-state index contributed by atoms with van der Waals surface area (Å²) >= 11 is 1.46. The van der Waals surface area contributed by atoms with E-state index in [2.05, 4.69) is 0 Å². The third-order valence-electron chi connectivity index (χ3n) is 2.63. The summed E-state index contributed by atoms with van der Waals surface area (Å²) in [5.74, 6) is -1.36. The highest BCUT2D eigenvalue weighted by atomic mass is 32.1. The second-order valence-electron chi connectivity index (χ2n) is 3.89. The molecule has 1 nitrogen and oxygen atoms in total. The van der Waals surface area contributed by atoms with E-state index < -0.39 is 17.7 Å². The highest BCUT2D eigenvalue weighted by Gasteiger charge is 2.20. The molecule has 2 rings (SSSR count). The molecule has 0 radical (unpaired) electrons. The van der Waals surface area contributed by atoms with Crippen LogP contribution in [-0.4, -0.2) is 5.11 Å². The van der Waals surface area contributed by atoms with E-state index in [0.29, 0.717) is 5.56 Å². The first kappa shape index (κ1) is 12.2. The lowest BCUT2D eigenvalue weighted by molar-refractivity contribution is 0.169. The molecule has 90 valence electrons. The molecule has 1 aromatic heterocycles. The molecule has 0 spiro atoms. The maximum atomic E-state index is 13.7. The van der Waals surface area contributed by atoms with Gasteiger partial charge >= 0.3 is 0 Å². The van der Waals surface area contributed by atoms with Crippen molar-refractivity contribution in [3.63, 3.8) is 0 Å². The summed E-state index contributed by atoms with van der Waals surface area (Å²) in [4.78, 5) is 0.901. The summed E-state index contributed by atoms with van der Waals surface area (Å²) in [6.45, 7) is 1.55. The van der Waals surface area contributed by atoms with Crippen LogP contribution in [0.4, 0.5) is 8.78 Å². The van der Waals surface area contributed by atoms with E-state index in [1.165, 1.54) is 23.5 Å². The predicted molar refractivity (Wildman–Crippen MR) is 64.1 cm³/mol. The summed E-state index contributed by atoms with van der Waals surface area (Å²) < 4.78 is 27.3. The number of rotatable bonds is 3. The van der Waals surface area contributed by atoms with Gasteiger partial charge in [0.05, 0.1) is 11.7 Å². The monoisotopic (exact) mass is 254 g/mol. The Morgan fingerprint density at radius 2 is 2.06 bits per heavy atom. The van der Waals surface area contributed by atoms with Crippen LogP contribution in [0.1, 0.15) is 22.1 Å². The van der Waals surface area contributed by atoms with Crippen LogP contribution >= 0.6 is 11.3 Å². The zero-order chi connectivity index (χ0) is 12.4. The summed E-state index contributed by atoms with van der Waals surface area (Å²) in [7, 11) is 0. The SMILES string of the molecule is Cc1ccc(F)c(C(O)Cc2cccs2)c1F. The molecule has 0 aliphatic rings. The predicted octanol–water partition coefficient (Wildman–Crippen LogP) is 3.61. The Bertz CT molecular complexity index is 508. The van der Waals surface area contributed by atoms with Crippen molar-refractivity contribution < 1.29 is 13.9 Å². The minimum absolute atomic E-state index is 0.231. The number of aryl methyl sites for hydroxylation is 1. The Labute approximate surface area is 102 Å². The van der Waals surface area contributed by atoms with E-state index in [-0.39, 0.29) is 12.0 Å². The molecule has 1 unspecified atom stereocenters. The van der Waals surface area contributed by atoms with E-state index in [4.69, 9.17) is 0 Å². The van der Waals surface area contributed by atoms with Crippen LogP contribution in [0.5, 0.6) is 0 Å². The van der Waals surface area contributed by atoms with Crippen molar-refractivity contribution in [3.8, 4) is 0 Å². The molecule has 1 heterocycles. The summed E-state index contributed by atoms with van der Waals surface area (Å²) in [6, 6.07) is 6.23. The number of hydrogen-bond donors (Lipinski definition) is 1. The summed E-state index contributed by atoms with van der Waals surface area (Å²) in [6.07, 6.45) is -0.914. The topological polar surface area (TPSA) is 20.2 Å². The maximum absolute atomic E-state index is 13.7. The van der Waals surface area contributed by atoms with Gasteiger partial charge in [-0.05, 0) is 30.0 Å². The van der Waals surface area contributed by atoms with Crippen LogP contribution < -0.4 is 0 Å². The Balaban J connectivity index is 2.30. The van der Waals surface area contributed by atoms with Gasteiger partial charge in [0, 0.05) is 11.3 Å². The second kappa shape index (κ2) is 4.94. The average Bonchev–Trinajstić information content (AvgIpc) is 2.77. The van der Waals surface area contributed by atoms with Gasteiger partial charge in [0.1, 0.15) is 11.6 Å². The standard InChI is InChI=1S/C13H12F2OS/c1-8-4-5-10(14)12(13(8)15)11(16)7-9-3-2-6-17-9/h2-6,11,16H,7H2,1H3. The van der Waals surface area contributed by atoms with Crippen molar-refractivity contribution in [2.24, 2.45) is 0 Å². The largest absolute Gasteiger partial charge is 0.388 e. The van der Waals surface area contributed by atoms with E-state index in [0.717, 1.165) is 4.88 Å². The Morgan fingerprint density at radius 3 is 2.71 bits per heavy atom. The molecule has 1 aromatic carbocycles. The van der Waals surface area contributed by atoms with Crippen LogP contribution in [-0.2, 0) is 6.42 Å². The fourth-order valence-electron chi connectivity index (χ4n) is 1.71. The van der Waals surface area contributed by atoms with Gasteiger partial charge in [0.2, 0.25) is 0 Å². The molecule has 4 heteroatoms. The lowest BCUT2D eigenvalue weighted by Gasteiger charge is -2.13. The van der Waals surface area contributed by atoms with Crippen molar-refractivity contribution in [2.45, 2.75) is 19.4 Å². The zero-order valence-corrected chi connectivity index (χ0v) is 10.1. The van der Waals surface area contributed by atoms with E-state index >= 15 is 0 Å². The molecular formula is C13H12F2OS. The van der Waals surface area contributed by atoms with Crippen molar-refractivity contribution in [1.29, 1.82) is 0 Å². The minimum Gasteiger partial charge on any atom is -0.388 e. The number of aliphatic hydroxyl groups is 1. The fourth-order valence-corrected chi connectivity index (χ4v) is 2.45. The van der Waals surface area contributed by atoms with Gasteiger partial charge in [-0.15, -0.1) is 11.3 Å². The normalized spacial score (nSPS) is 12.7. The molecule has 0 fully saturated rings. The zero-order valence-electron chi connectivity index (χ0n) is 9.28. The van der Waals surface area contributed by atoms with Crippen LogP contribution in [0.2, 0.25) is 0 Å². The molecule has 2 aromatic rings. The van der Waals surface area contributed by atoms with Crippen molar-refractivity contribution >= 4 is 11.3 Å². The lowest BCUT2D eigenvalue weighted by atomic mass is 10.0. The Morgan fingerprint density at radius 1 is 1.29 bits per heavy atom. The molecule has 17 heavy (non-hydrogen) atoms. The van der Waals surface area contributed by atoms with Crippen molar-refractivity contribution in [1.82, 2.24) is 0 Å². The lowest BCUT2D eigenvalue weighted by Crippen LogP contribution is -2.07. The third-order valence-corrected chi connectivity index (χ3v) is 3.53. The van der Waals surface area contributed by atoms with Crippen LogP contribution in [0, 0.1) is 18.6 Å². The first-order valence-electron chi connectivity index (χ1n) is 5.24. The number of hydrogen-bond acceptors (Lipinski definition) is 2. The van der Waals surface area contributed by atoms with Gasteiger partial charge in [0.25, 0.3) is 0 Å². The van der Waals surface area contributed by atoms with Crippen molar-refractivity contribution in [3.05, 3.63) is 57.3 Å². The van der Waals surface area contributed by atoms with Gasteiger partial charge in [0.15, 0.2) is 0 Å². The Hall–Kier alpha value is -1.26. The summed E-state index contributed by atoms with van der Waals surface area (Å²) in [5.41, 5.74) is 0.102. The molecule has 0 saturated heterocycles. The first-order valence-corrected chi connectivity index (χ1v) is 6.12. The second-order valence-corrected chi connectivity index (χ2v) is 4.92. The van der Waals surface area contributed by atoms with Gasteiger partial charge in [-0.1, -0.05) is 12.1 Å². The highest BCUT2D eigenvalue weighted by Crippen LogP contribution is 2.27. The maximum Gasteiger partial charge on any atom is 0.134 e. The van der Waals surface area contributed by atoms with E-state index in [9.17, 15) is 13.9 Å². The summed E-state index contributed by atoms with van der Waals surface area (Å²) in [5, 5.41) is 11.8. The molecular weight excluding hydrogens is 242 g/mol. The molecule has 0 amide bonds.